The normalized spacial score (nSPS) is 12.6. The predicted octanol–water partition coefficient (Wildman–Crippen LogP) is 4.84. The highest BCUT2D eigenvalue weighted by atomic mass is 16.3. The SMILES string of the molecule is C=CCCCC[C@@H](O)CCCCCCCC. The average Bonchev–Trinajstić information content (AvgIpc) is 2.29. The zero-order valence-electron chi connectivity index (χ0n) is 11.1. The quantitative estimate of drug-likeness (QED) is 0.373. The van der Waals surface area contributed by atoms with E-state index in [0.717, 1.165) is 25.7 Å². The number of aliphatic hydroxyl groups is 1. The molecule has 0 saturated carbocycles. The molecule has 0 aromatic heterocycles. The summed E-state index contributed by atoms with van der Waals surface area (Å²) >= 11 is 0. The molecule has 0 fully saturated rings. The second-order valence-corrected chi connectivity index (χ2v) is 4.78. The van der Waals surface area contributed by atoms with Crippen LogP contribution in [0.25, 0.3) is 0 Å². The lowest BCUT2D eigenvalue weighted by Gasteiger charge is -2.09. The van der Waals surface area contributed by atoms with E-state index in [-0.39, 0.29) is 6.10 Å². The summed E-state index contributed by atoms with van der Waals surface area (Å²) in [5, 5.41) is 9.73. The van der Waals surface area contributed by atoms with Crippen molar-refractivity contribution in [3.05, 3.63) is 12.7 Å². The topological polar surface area (TPSA) is 20.2 Å². The van der Waals surface area contributed by atoms with Crippen molar-refractivity contribution >= 4 is 0 Å². The molecule has 16 heavy (non-hydrogen) atoms. The van der Waals surface area contributed by atoms with Gasteiger partial charge in [-0.3, -0.25) is 0 Å². The standard InChI is InChI=1S/C15H30O/c1-3-5-7-9-10-12-14-15(16)13-11-8-6-4-2/h4,15-16H,2-3,5-14H2,1H3/t15-/m1/s1. The number of allylic oxidation sites excluding steroid dienone is 1. The average molecular weight is 226 g/mol. The molecule has 0 spiro atoms. The van der Waals surface area contributed by atoms with Crippen LogP contribution in [0.2, 0.25) is 0 Å². The van der Waals surface area contributed by atoms with Crippen LogP contribution in [0.5, 0.6) is 0 Å². The molecule has 0 aromatic rings. The molecule has 0 bridgehead atoms. The van der Waals surface area contributed by atoms with Gasteiger partial charge in [0.25, 0.3) is 0 Å². The number of rotatable bonds is 12. The lowest BCUT2D eigenvalue weighted by molar-refractivity contribution is 0.147. The van der Waals surface area contributed by atoms with E-state index in [1.165, 1.54) is 44.9 Å². The van der Waals surface area contributed by atoms with Crippen LogP contribution in [0.3, 0.4) is 0 Å². The van der Waals surface area contributed by atoms with Crippen molar-refractivity contribution in [1.82, 2.24) is 0 Å². The molecular formula is C15H30O. The number of hydrogen-bond acceptors (Lipinski definition) is 1. The van der Waals surface area contributed by atoms with Gasteiger partial charge in [-0.05, 0) is 25.7 Å². The molecule has 0 aliphatic carbocycles. The van der Waals surface area contributed by atoms with Crippen molar-refractivity contribution < 1.29 is 5.11 Å². The van der Waals surface area contributed by atoms with Crippen LogP contribution in [0.1, 0.15) is 77.6 Å². The van der Waals surface area contributed by atoms with E-state index in [2.05, 4.69) is 13.5 Å². The minimum Gasteiger partial charge on any atom is -0.393 e. The Bertz CT molecular complexity index is 142. The third-order valence-corrected chi connectivity index (χ3v) is 3.09. The third-order valence-electron chi connectivity index (χ3n) is 3.09. The van der Waals surface area contributed by atoms with Gasteiger partial charge in [0, 0.05) is 0 Å². The first-order chi connectivity index (χ1) is 7.81. The highest BCUT2D eigenvalue weighted by Crippen LogP contribution is 2.12. The van der Waals surface area contributed by atoms with Crippen LogP contribution in [0.15, 0.2) is 12.7 Å². The first kappa shape index (κ1) is 15.7. The lowest BCUT2D eigenvalue weighted by Crippen LogP contribution is -2.05. The van der Waals surface area contributed by atoms with Gasteiger partial charge in [0.1, 0.15) is 0 Å². The monoisotopic (exact) mass is 226 g/mol. The fraction of sp³-hybridized carbons (Fsp3) is 0.867. The van der Waals surface area contributed by atoms with E-state index in [1.807, 2.05) is 6.08 Å². The van der Waals surface area contributed by atoms with Crippen molar-refractivity contribution in [3.8, 4) is 0 Å². The molecule has 1 nitrogen and oxygen atoms in total. The van der Waals surface area contributed by atoms with Gasteiger partial charge < -0.3 is 5.11 Å². The number of hydrogen-bond donors (Lipinski definition) is 1. The highest BCUT2D eigenvalue weighted by Gasteiger charge is 2.02. The smallest absolute Gasteiger partial charge is 0.0540 e. The van der Waals surface area contributed by atoms with Gasteiger partial charge in [-0.15, -0.1) is 6.58 Å². The molecule has 1 N–H and O–H groups in total. The summed E-state index contributed by atoms with van der Waals surface area (Å²) < 4.78 is 0. The minimum absolute atomic E-state index is 0.0593. The zero-order valence-corrected chi connectivity index (χ0v) is 11.1. The molecule has 0 unspecified atom stereocenters. The molecular weight excluding hydrogens is 196 g/mol. The summed E-state index contributed by atoms with van der Waals surface area (Å²) in [5.74, 6) is 0. The van der Waals surface area contributed by atoms with Crippen LogP contribution in [0.4, 0.5) is 0 Å². The van der Waals surface area contributed by atoms with Gasteiger partial charge in [-0.1, -0.05) is 57.9 Å². The van der Waals surface area contributed by atoms with Gasteiger partial charge >= 0.3 is 0 Å². The van der Waals surface area contributed by atoms with E-state index in [1.54, 1.807) is 0 Å². The van der Waals surface area contributed by atoms with Crippen molar-refractivity contribution in [2.45, 2.75) is 83.7 Å². The van der Waals surface area contributed by atoms with Gasteiger partial charge in [-0.25, -0.2) is 0 Å². The van der Waals surface area contributed by atoms with E-state index in [0.29, 0.717) is 0 Å². The highest BCUT2D eigenvalue weighted by molar-refractivity contribution is 4.66. The molecule has 96 valence electrons. The maximum absolute atomic E-state index is 9.73. The molecule has 0 heterocycles. The van der Waals surface area contributed by atoms with Crippen molar-refractivity contribution in [1.29, 1.82) is 0 Å². The molecule has 0 aromatic carbocycles. The number of unbranched alkanes of at least 4 members (excludes halogenated alkanes) is 7. The minimum atomic E-state index is -0.0593. The fourth-order valence-electron chi connectivity index (χ4n) is 1.97. The zero-order chi connectivity index (χ0) is 12.1. The largest absolute Gasteiger partial charge is 0.393 e. The maximum Gasteiger partial charge on any atom is 0.0540 e. The van der Waals surface area contributed by atoms with Crippen molar-refractivity contribution in [2.24, 2.45) is 0 Å². The fourth-order valence-corrected chi connectivity index (χ4v) is 1.97. The molecule has 0 amide bonds. The van der Waals surface area contributed by atoms with Gasteiger partial charge in [0.2, 0.25) is 0 Å². The third kappa shape index (κ3) is 11.8. The summed E-state index contributed by atoms with van der Waals surface area (Å²) in [7, 11) is 0. The molecule has 0 rings (SSSR count). The predicted molar refractivity (Wildman–Crippen MR) is 72.7 cm³/mol. The van der Waals surface area contributed by atoms with E-state index in [9.17, 15) is 5.11 Å². The Morgan fingerprint density at radius 3 is 2.12 bits per heavy atom. The van der Waals surface area contributed by atoms with E-state index in [4.69, 9.17) is 0 Å². The van der Waals surface area contributed by atoms with Crippen LogP contribution < -0.4 is 0 Å². The summed E-state index contributed by atoms with van der Waals surface area (Å²) in [5.41, 5.74) is 0. The van der Waals surface area contributed by atoms with Crippen LogP contribution >= 0.6 is 0 Å². The molecule has 0 saturated heterocycles. The van der Waals surface area contributed by atoms with Crippen molar-refractivity contribution in [3.63, 3.8) is 0 Å². The molecule has 0 aliphatic heterocycles. The maximum atomic E-state index is 9.73. The van der Waals surface area contributed by atoms with Crippen LogP contribution in [-0.4, -0.2) is 11.2 Å². The Morgan fingerprint density at radius 1 is 0.938 bits per heavy atom. The van der Waals surface area contributed by atoms with Crippen LogP contribution in [-0.2, 0) is 0 Å². The Kier molecular flexibility index (Phi) is 12.5. The summed E-state index contributed by atoms with van der Waals surface area (Å²) in [6.07, 6.45) is 15.2. The first-order valence-electron chi connectivity index (χ1n) is 7.10. The second-order valence-electron chi connectivity index (χ2n) is 4.78. The Morgan fingerprint density at radius 2 is 1.50 bits per heavy atom. The molecule has 1 heteroatoms. The summed E-state index contributed by atoms with van der Waals surface area (Å²) in [6.45, 7) is 5.94. The van der Waals surface area contributed by atoms with Crippen molar-refractivity contribution in [2.75, 3.05) is 0 Å². The van der Waals surface area contributed by atoms with Gasteiger partial charge in [0.15, 0.2) is 0 Å². The molecule has 0 radical (unpaired) electrons. The lowest BCUT2D eigenvalue weighted by atomic mass is 10.0. The first-order valence-corrected chi connectivity index (χ1v) is 7.10. The molecule has 0 aliphatic rings. The van der Waals surface area contributed by atoms with E-state index < -0.39 is 0 Å². The number of aliphatic hydroxyl groups excluding tert-OH is 1. The Labute approximate surface area is 102 Å². The van der Waals surface area contributed by atoms with Gasteiger partial charge in [-0.2, -0.15) is 0 Å². The van der Waals surface area contributed by atoms with Crippen LogP contribution in [0, 0.1) is 0 Å². The second kappa shape index (κ2) is 12.8. The Hall–Kier alpha value is -0.300. The summed E-state index contributed by atoms with van der Waals surface area (Å²) in [4.78, 5) is 0. The molecule has 1 atom stereocenters. The summed E-state index contributed by atoms with van der Waals surface area (Å²) in [6, 6.07) is 0. The van der Waals surface area contributed by atoms with E-state index >= 15 is 0 Å². The Balaban J connectivity index is 3.10. The van der Waals surface area contributed by atoms with Gasteiger partial charge in [0.05, 0.1) is 6.10 Å².